The summed E-state index contributed by atoms with van der Waals surface area (Å²) >= 11 is 6.56. The van der Waals surface area contributed by atoms with Crippen LogP contribution in [-0.2, 0) is 13.1 Å². The normalized spacial score (nSPS) is 15.3. The van der Waals surface area contributed by atoms with Gasteiger partial charge in [-0.25, -0.2) is 0 Å². The molecule has 0 spiro atoms. The van der Waals surface area contributed by atoms with Gasteiger partial charge in [0.2, 0.25) is 0 Å². The number of methoxy groups -OCH3 is 1. The number of para-hydroxylation sites is 1. The molecule has 7 heteroatoms. The van der Waals surface area contributed by atoms with E-state index in [0.29, 0.717) is 13.1 Å². The van der Waals surface area contributed by atoms with Crippen LogP contribution in [0.25, 0.3) is 0 Å². The van der Waals surface area contributed by atoms with E-state index in [2.05, 4.69) is 38.5 Å². The lowest BCUT2D eigenvalue weighted by Crippen LogP contribution is -2.45. The number of halogens is 1. The summed E-state index contributed by atoms with van der Waals surface area (Å²) in [5.41, 5.74) is 3.37. The first-order valence-electron chi connectivity index (χ1n) is 9.89. The number of piperazine rings is 1. The molecule has 2 N–H and O–H groups in total. The van der Waals surface area contributed by atoms with Crippen LogP contribution in [0, 0.1) is 0 Å². The molecule has 0 bridgehead atoms. The first-order chi connectivity index (χ1) is 14.1. The third-order valence-electron chi connectivity index (χ3n) is 5.23. The fourth-order valence-corrected chi connectivity index (χ4v) is 3.72. The number of ether oxygens (including phenoxy) is 1. The van der Waals surface area contributed by atoms with Gasteiger partial charge in [-0.3, -0.25) is 4.99 Å². The number of likely N-dealkylation sites (N-methyl/N-ethyl adjacent to an activating group) is 1. The SMILES string of the molecule is CN=C(NCc1ccccc1OC)NCc1c(Cl)cccc1N1CCN(C)CC1. The molecule has 29 heavy (non-hydrogen) atoms. The number of hydrogen-bond donors (Lipinski definition) is 2. The molecule has 0 radical (unpaired) electrons. The highest BCUT2D eigenvalue weighted by molar-refractivity contribution is 6.31. The number of guanidine groups is 1. The van der Waals surface area contributed by atoms with Crippen LogP contribution in [-0.4, -0.2) is 58.2 Å². The van der Waals surface area contributed by atoms with Crippen LogP contribution in [0.1, 0.15) is 11.1 Å². The number of rotatable bonds is 6. The Labute approximate surface area is 178 Å². The van der Waals surface area contributed by atoms with E-state index in [-0.39, 0.29) is 0 Å². The van der Waals surface area contributed by atoms with E-state index >= 15 is 0 Å². The van der Waals surface area contributed by atoms with Gasteiger partial charge < -0.3 is 25.2 Å². The standard InChI is InChI=1S/C22H30ClN5O/c1-24-22(25-15-17-7-4-5-10-21(17)29-3)26-16-18-19(23)8-6-9-20(18)28-13-11-27(2)12-14-28/h4-10H,11-16H2,1-3H3,(H2,24,25,26). The van der Waals surface area contributed by atoms with E-state index in [1.165, 1.54) is 5.69 Å². The van der Waals surface area contributed by atoms with E-state index in [9.17, 15) is 0 Å². The Morgan fingerprint density at radius 1 is 1.03 bits per heavy atom. The first kappa shape index (κ1) is 21.3. The molecule has 3 rings (SSSR count). The summed E-state index contributed by atoms with van der Waals surface area (Å²) in [4.78, 5) is 9.11. The van der Waals surface area contributed by atoms with E-state index in [1.54, 1.807) is 14.2 Å². The highest BCUT2D eigenvalue weighted by atomic mass is 35.5. The van der Waals surface area contributed by atoms with Gasteiger partial charge in [-0.15, -0.1) is 0 Å². The van der Waals surface area contributed by atoms with Crippen molar-refractivity contribution in [2.45, 2.75) is 13.1 Å². The minimum atomic E-state index is 0.604. The molecular weight excluding hydrogens is 386 g/mol. The molecule has 2 aromatic rings. The molecule has 0 amide bonds. The van der Waals surface area contributed by atoms with E-state index in [4.69, 9.17) is 16.3 Å². The number of hydrogen-bond acceptors (Lipinski definition) is 4. The smallest absolute Gasteiger partial charge is 0.191 e. The maximum Gasteiger partial charge on any atom is 0.191 e. The van der Waals surface area contributed by atoms with Gasteiger partial charge in [0.25, 0.3) is 0 Å². The Balaban J connectivity index is 1.65. The Kier molecular flexibility index (Phi) is 7.61. The Hall–Kier alpha value is -2.44. The van der Waals surface area contributed by atoms with Crippen molar-refractivity contribution in [1.29, 1.82) is 0 Å². The van der Waals surface area contributed by atoms with E-state index in [1.807, 2.05) is 36.4 Å². The van der Waals surface area contributed by atoms with Crippen molar-refractivity contribution < 1.29 is 4.74 Å². The zero-order valence-electron chi connectivity index (χ0n) is 17.4. The molecule has 0 aromatic heterocycles. The highest BCUT2D eigenvalue weighted by Crippen LogP contribution is 2.28. The lowest BCUT2D eigenvalue weighted by molar-refractivity contribution is 0.312. The molecule has 1 heterocycles. The predicted molar refractivity (Wildman–Crippen MR) is 121 cm³/mol. The van der Waals surface area contributed by atoms with Crippen molar-refractivity contribution in [3.63, 3.8) is 0 Å². The summed E-state index contributed by atoms with van der Waals surface area (Å²) in [6.45, 7) is 5.35. The van der Waals surface area contributed by atoms with Crippen molar-refractivity contribution in [3.8, 4) is 5.75 Å². The number of benzene rings is 2. The van der Waals surface area contributed by atoms with Crippen LogP contribution in [0.2, 0.25) is 5.02 Å². The Morgan fingerprint density at radius 3 is 2.48 bits per heavy atom. The maximum atomic E-state index is 6.56. The van der Waals surface area contributed by atoms with Crippen molar-refractivity contribution in [2.75, 3.05) is 52.3 Å². The molecule has 6 nitrogen and oxygen atoms in total. The molecule has 1 aliphatic rings. The van der Waals surface area contributed by atoms with Gasteiger partial charge in [-0.05, 0) is 25.2 Å². The van der Waals surface area contributed by atoms with Gasteiger partial charge in [-0.2, -0.15) is 0 Å². The minimum absolute atomic E-state index is 0.604. The zero-order chi connectivity index (χ0) is 20.6. The number of nitrogens with zero attached hydrogens (tertiary/aromatic N) is 3. The van der Waals surface area contributed by atoms with Crippen molar-refractivity contribution in [1.82, 2.24) is 15.5 Å². The molecule has 0 atom stereocenters. The van der Waals surface area contributed by atoms with E-state index < -0.39 is 0 Å². The lowest BCUT2D eigenvalue weighted by Gasteiger charge is -2.35. The van der Waals surface area contributed by atoms with Crippen LogP contribution in [0.3, 0.4) is 0 Å². The molecule has 0 aliphatic carbocycles. The molecule has 1 fully saturated rings. The monoisotopic (exact) mass is 415 g/mol. The Bertz CT molecular complexity index is 834. The summed E-state index contributed by atoms with van der Waals surface area (Å²) < 4.78 is 5.42. The molecule has 0 saturated carbocycles. The summed E-state index contributed by atoms with van der Waals surface area (Å²) in [5, 5.41) is 7.52. The van der Waals surface area contributed by atoms with E-state index in [0.717, 1.165) is 54.0 Å². The van der Waals surface area contributed by atoms with Crippen LogP contribution < -0.4 is 20.3 Å². The largest absolute Gasteiger partial charge is 0.496 e. The highest BCUT2D eigenvalue weighted by Gasteiger charge is 2.18. The third kappa shape index (κ3) is 5.55. The van der Waals surface area contributed by atoms with Crippen molar-refractivity contribution in [2.24, 2.45) is 4.99 Å². The second-order valence-electron chi connectivity index (χ2n) is 7.12. The maximum absolute atomic E-state index is 6.56. The first-order valence-corrected chi connectivity index (χ1v) is 10.3. The van der Waals surface area contributed by atoms with Gasteiger partial charge >= 0.3 is 0 Å². The van der Waals surface area contributed by atoms with Gasteiger partial charge in [0.05, 0.1) is 7.11 Å². The van der Waals surface area contributed by atoms with Crippen LogP contribution in [0.5, 0.6) is 5.75 Å². The number of anilines is 1. The molecule has 0 unspecified atom stereocenters. The Morgan fingerprint density at radius 2 is 1.76 bits per heavy atom. The molecular formula is C22H30ClN5O. The summed E-state index contributed by atoms with van der Waals surface area (Å²) in [6, 6.07) is 14.1. The van der Waals surface area contributed by atoms with Crippen molar-refractivity contribution >= 4 is 23.2 Å². The van der Waals surface area contributed by atoms with Gasteiger partial charge in [0, 0.05) is 68.2 Å². The summed E-state index contributed by atoms with van der Waals surface area (Å²) in [5.74, 6) is 1.58. The van der Waals surface area contributed by atoms with Crippen molar-refractivity contribution in [3.05, 3.63) is 58.6 Å². The lowest BCUT2D eigenvalue weighted by atomic mass is 10.1. The van der Waals surface area contributed by atoms with Crippen LogP contribution in [0.15, 0.2) is 47.5 Å². The quantitative estimate of drug-likeness (QED) is 0.561. The van der Waals surface area contributed by atoms with Crippen LogP contribution in [0.4, 0.5) is 5.69 Å². The molecule has 1 aliphatic heterocycles. The zero-order valence-corrected chi connectivity index (χ0v) is 18.2. The second-order valence-corrected chi connectivity index (χ2v) is 7.53. The predicted octanol–water partition coefficient (Wildman–Crippen LogP) is 2.97. The summed E-state index contributed by atoms with van der Waals surface area (Å²) in [6.07, 6.45) is 0. The topological polar surface area (TPSA) is 52.1 Å². The van der Waals surface area contributed by atoms with Crippen LogP contribution >= 0.6 is 11.6 Å². The van der Waals surface area contributed by atoms with Gasteiger partial charge in [0.15, 0.2) is 5.96 Å². The average Bonchev–Trinajstić information content (AvgIpc) is 2.75. The van der Waals surface area contributed by atoms with Gasteiger partial charge in [0.1, 0.15) is 5.75 Å². The number of nitrogens with one attached hydrogen (secondary N) is 2. The molecule has 156 valence electrons. The second kappa shape index (κ2) is 10.4. The molecule has 2 aromatic carbocycles. The summed E-state index contributed by atoms with van der Waals surface area (Å²) in [7, 11) is 5.61. The molecule has 1 saturated heterocycles. The van der Waals surface area contributed by atoms with Gasteiger partial charge in [-0.1, -0.05) is 35.9 Å². The third-order valence-corrected chi connectivity index (χ3v) is 5.59. The number of aliphatic imine (C=N–C) groups is 1. The fourth-order valence-electron chi connectivity index (χ4n) is 3.49. The average molecular weight is 416 g/mol. The fraction of sp³-hybridized carbons (Fsp3) is 0.409. The minimum Gasteiger partial charge on any atom is -0.496 e.